The van der Waals surface area contributed by atoms with Crippen molar-refractivity contribution in [1.82, 2.24) is 9.97 Å². The third-order valence-electron chi connectivity index (χ3n) is 4.56. The van der Waals surface area contributed by atoms with Crippen LogP contribution in [-0.4, -0.2) is 29.3 Å². The fourth-order valence-electron chi connectivity index (χ4n) is 3.15. The van der Waals surface area contributed by atoms with Gasteiger partial charge in [-0.1, -0.05) is 24.3 Å². The maximum absolute atomic E-state index is 5.88. The van der Waals surface area contributed by atoms with Crippen LogP contribution in [0.2, 0.25) is 0 Å². The van der Waals surface area contributed by atoms with Crippen LogP contribution < -0.4 is 10.1 Å². The van der Waals surface area contributed by atoms with Gasteiger partial charge < -0.3 is 14.8 Å². The molecule has 1 aliphatic heterocycles. The highest BCUT2D eigenvalue weighted by molar-refractivity contribution is 5.76. The molecule has 0 bridgehead atoms. The van der Waals surface area contributed by atoms with Crippen molar-refractivity contribution in [3.63, 3.8) is 0 Å². The maximum Gasteiger partial charge on any atom is 0.148 e. The number of aryl methyl sites for hydroxylation is 1. The number of para-hydroxylation sites is 2. The van der Waals surface area contributed by atoms with Crippen LogP contribution in [0.15, 0.2) is 48.5 Å². The van der Waals surface area contributed by atoms with E-state index in [4.69, 9.17) is 9.47 Å². The molecule has 0 amide bonds. The van der Waals surface area contributed by atoms with Crippen LogP contribution in [0, 0.1) is 6.92 Å². The van der Waals surface area contributed by atoms with E-state index in [-0.39, 0.29) is 6.10 Å². The zero-order chi connectivity index (χ0) is 17.8. The summed E-state index contributed by atoms with van der Waals surface area (Å²) in [6, 6.07) is 16.1. The molecule has 1 aliphatic rings. The van der Waals surface area contributed by atoms with E-state index in [0.717, 1.165) is 53.3 Å². The van der Waals surface area contributed by atoms with E-state index in [1.54, 1.807) is 0 Å². The van der Waals surface area contributed by atoms with Crippen molar-refractivity contribution in [1.29, 1.82) is 0 Å². The average Bonchev–Trinajstić information content (AvgIpc) is 3.19. The Kier molecular flexibility index (Phi) is 4.97. The lowest BCUT2D eigenvalue weighted by atomic mass is 10.2. The van der Waals surface area contributed by atoms with Gasteiger partial charge in [0.15, 0.2) is 0 Å². The summed E-state index contributed by atoms with van der Waals surface area (Å²) in [5, 5.41) is 3.39. The summed E-state index contributed by atoms with van der Waals surface area (Å²) in [6.07, 6.45) is 2.44. The molecule has 4 rings (SSSR count). The Balaban J connectivity index is 1.41. The van der Waals surface area contributed by atoms with Crippen molar-refractivity contribution in [2.45, 2.75) is 32.4 Å². The number of anilines is 1. The molecule has 0 unspecified atom stereocenters. The number of benzene rings is 2. The Bertz CT molecular complexity index is 891. The summed E-state index contributed by atoms with van der Waals surface area (Å²) < 4.78 is 11.5. The lowest BCUT2D eigenvalue weighted by Crippen LogP contribution is -2.16. The molecule has 2 heterocycles. The van der Waals surface area contributed by atoms with Gasteiger partial charge in [-0.15, -0.1) is 0 Å². The topological polar surface area (TPSA) is 56.3 Å². The van der Waals surface area contributed by atoms with Crippen LogP contribution >= 0.6 is 0 Å². The number of fused-ring (bicyclic) bond motifs is 1. The summed E-state index contributed by atoms with van der Waals surface area (Å²) in [6.45, 7) is 4.12. The van der Waals surface area contributed by atoms with Crippen molar-refractivity contribution in [2.24, 2.45) is 0 Å². The summed E-state index contributed by atoms with van der Waals surface area (Å²) in [4.78, 5) is 9.29. The minimum atomic E-state index is 0.229. The fourth-order valence-corrected chi connectivity index (χ4v) is 3.15. The van der Waals surface area contributed by atoms with Gasteiger partial charge in [-0.05, 0) is 49.6 Å². The third kappa shape index (κ3) is 3.94. The van der Waals surface area contributed by atoms with E-state index in [1.165, 1.54) is 0 Å². The first kappa shape index (κ1) is 16.8. The minimum absolute atomic E-state index is 0.229. The molecular formula is C21H23N3O2. The van der Waals surface area contributed by atoms with Gasteiger partial charge in [-0.2, -0.15) is 0 Å². The molecule has 134 valence electrons. The van der Waals surface area contributed by atoms with Crippen molar-refractivity contribution in [3.05, 3.63) is 59.8 Å². The highest BCUT2D eigenvalue weighted by Crippen LogP contribution is 2.19. The number of hydrogen-bond acceptors (Lipinski definition) is 5. The molecule has 2 aromatic carbocycles. The predicted molar refractivity (Wildman–Crippen MR) is 103 cm³/mol. The van der Waals surface area contributed by atoms with Crippen molar-refractivity contribution in [3.8, 4) is 5.75 Å². The highest BCUT2D eigenvalue weighted by atomic mass is 16.5. The van der Waals surface area contributed by atoms with Gasteiger partial charge >= 0.3 is 0 Å². The van der Waals surface area contributed by atoms with Crippen molar-refractivity contribution < 1.29 is 9.47 Å². The molecule has 1 saturated heterocycles. The monoisotopic (exact) mass is 349 g/mol. The van der Waals surface area contributed by atoms with E-state index in [1.807, 2.05) is 43.3 Å². The van der Waals surface area contributed by atoms with Crippen LogP contribution in [0.25, 0.3) is 11.0 Å². The van der Waals surface area contributed by atoms with Crippen LogP contribution in [-0.2, 0) is 11.3 Å². The van der Waals surface area contributed by atoms with E-state index >= 15 is 0 Å². The summed E-state index contributed by atoms with van der Waals surface area (Å²) >= 11 is 0. The Morgan fingerprint density at radius 1 is 1.12 bits per heavy atom. The van der Waals surface area contributed by atoms with Gasteiger partial charge in [-0.25, -0.2) is 9.97 Å². The first-order chi connectivity index (χ1) is 12.8. The Hall–Kier alpha value is -2.66. The Morgan fingerprint density at radius 2 is 1.96 bits per heavy atom. The normalized spacial score (nSPS) is 16.7. The van der Waals surface area contributed by atoms with Crippen molar-refractivity contribution >= 4 is 16.9 Å². The largest absolute Gasteiger partial charge is 0.491 e. The molecule has 5 heteroatoms. The molecule has 1 fully saturated rings. The van der Waals surface area contributed by atoms with E-state index < -0.39 is 0 Å². The second kappa shape index (κ2) is 7.70. The molecule has 26 heavy (non-hydrogen) atoms. The van der Waals surface area contributed by atoms with E-state index in [0.29, 0.717) is 13.2 Å². The van der Waals surface area contributed by atoms with Gasteiger partial charge in [0.1, 0.15) is 18.2 Å². The van der Waals surface area contributed by atoms with E-state index in [2.05, 4.69) is 27.4 Å². The fraction of sp³-hybridized carbons (Fsp3) is 0.333. The second-order valence-corrected chi connectivity index (χ2v) is 6.59. The molecular weight excluding hydrogens is 326 g/mol. The van der Waals surface area contributed by atoms with Crippen LogP contribution in [0.4, 0.5) is 5.82 Å². The Morgan fingerprint density at radius 3 is 2.77 bits per heavy atom. The number of aromatic nitrogens is 2. The molecule has 5 nitrogen and oxygen atoms in total. The molecule has 0 radical (unpaired) electrons. The zero-order valence-corrected chi connectivity index (χ0v) is 14.9. The number of rotatable bonds is 6. The van der Waals surface area contributed by atoms with Crippen LogP contribution in [0.3, 0.4) is 0 Å². The van der Waals surface area contributed by atoms with Gasteiger partial charge in [0, 0.05) is 13.2 Å². The molecule has 0 aliphatic carbocycles. The maximum atomic E-state index is 5.88. The van der Waals surface area contributed by atoms with Gasteiger partial charge in [0.2, 0.25) is 0 Å². The molecule has 0 spiro atoms. The first-order valence-electron chi connectivity index (χ1n) is 9.08. The number of nitrogens with one attached hydrogen (secondary N) is 1. The number of nitrogens with zero attached hydrogens (tertiary/aromatic N) is 2. The SMILES string of the molecule is Cc1nc2ccccc2nc1NCc1cccc(OC[C@H]2CCCO2)c1. The highest BCUT2D eigenvalue weighted by Gasteiger charge is 2.16. The second-order valence-electron chi connectivity index (χ2n) is 6.59. The molecule has 1 N–H and O–H groups in total. The average molecular weight is 349 g/mol. The minimum Gasteiger partial charge on any atom is -0.491 e. The molecule has 3 aromatic rings. The lowest BCUT2D eigenvalue weighted by molar-refractivity contribution is 0.0679. The standard InChI is InChI=1S/C21H23N3O2/c1-15-21(24-20-10-3-2-9-19(20)23-15)22-13-16-6-4-7-17(12-16)26-14-18-8-5-11-25-18/h2-4,6-7,9-10,12,18H,5,8,11,13-14H2,1H3,(H,22,24)/t18-/m1/s1. The number of ether oxygens (including phenoxy) is 2. The first-order valence-corrected chi connectivity index (χ1v) is 9.08. The molecule has 1 aromatic heterocycles. The molecule has 0 saturated carbocycles. The van der Waals surface area contributed by atoms with Crippen LogP contribution in [0.1, 0.15) is 24.1 Å². The summed E-state index contributed by atoms with van der Waals surface area (Å²) in [7, 11) is 0. The zero-order valence-electron chi connectivity index (χ0n) is 14.9. The predicted octanol–water partition coefficient (Wildman–Crippen LogP) is 4.11. The molecule has 1 atom stereocenters. The van der Waals surface area contributed by atoms with Crippen molar-refractivity contribution in [2.75, 3.05) is 18.5 Å². The lowest BCUT2D eigenvalue weighted by Gasteiger charge is -2.13. The van der Waals surface area contributed by atoms with Gasteiger partial charge in [0.05, 0.1) is 22.8 Å². The smallest absolute Gasteiger partial charge is 0.148 e. The number of hydrogen-bond donors (Lipinski definition) is 1. The van der Waals surface area contributed by atoms with Gasteiger partial charge in [-0.3, -0.25) is 0 Å². The third-order valence-corrected chi connectivity index (χ3v) is 4.56. The quantitative estimate of drug-likeness (QED) is 0.726. The Labute approximate surface area is 153 Å². The van der Waals surface area contributed by atoms with E-state index in [9.17, 15) is 0 Å². The summed E-state index contributed by atoms with van der Waals surface area (Å²) in [5.74, 6) is 1.69. The summed E-state index contributed by atoms with van der Waals surface area (Å²) in [5.41, 5.74) is 3.85. The van der Waals surface area contributed by atoms with Crippen LogP contribution in [0.5, 0.6) is 5.75 Å². The van der Waals surface area contributed by atoms with Gasteiger partial charge in [0.25, 0.3) is 0 Å².